The van der Waals surface area contributed by atoms with E-state index in [1.807, 2.05) is 47.4 Å². The first kappa shape index (κ1) is 15.1. The van der Waals surface area contributed by atoms with Gasteiger partial charge in [-0.15, -0.1) is 0 Å². The highest BCUT2D eigenvalue weighted by Gasteiger charge is 2.51. The van der Waals surface area contributed by atoms with Crippen LogP contribution in [0.25, 0.3) is 0 Å². The Kier molecular flexibility index (Phi) is 3.68. The van der Waals surface area contributed by atoms with Gasteiger partial charge in [-0.3, -0.25) is 4.90 Å². The lowest BCUT2D eigenvalue weighted by molar-refractivity contribution is -0.0310. The van der Waals surface area contributed by atoms with Crippen LogP contribution in [-0.2, 0) is 10.3 Å². The van der Waals surface area contributed by atoms with E-state index in [1.165, 1.54) is 5.56 Å². The van der Waals surface area contributed by atoms with Crippen molar-refractivity contribution >= 4 is 6.09 Å². The Morgan fingerprint density at radius 1 is 1.12 bits per heavy atom. The molecular weight excluding hydrogens is 302 g/mol. The number of carbonyl (C=O) groups is 1. The topological polar surface area (TPSA) is 38.8 Å². The molecule has 2 aromatic rings. The molecule has 2 heterocycles. The van der Waals surface area contributed by atoms with Gasteiger partial charge in [-0.25, -0.2) is 4.79 Å². The number of methoxy groups -OCH3 is 1. The highest BCUT2D eigenvalue weighted by Crippen LogP contribution is 2.49. The van der Waals surface area contributed by atoms with Crippen molar-refractivity contribution in [1.29, 1.82) is 0 Å². The van der Waals surface area contributed by atoms with E-state index in [0.717, 1.165) is 37.1 Å². The highest BCUT2D eigenvalue weighted by molar-refractivity contribution is 5.71. The quantitative estimate of drug-likeness (QED) is 0.847. The second-order valence-electron chi connectivity index (χ2n) is 6.50. The molecule has 0 unspecified atom stereocenters. The number of cyclic esters (lactones) is 1. The Bertz CT molecular complexity index is 728. The standard InChI is InChI=1S/C20H21NO3/c1-23-17-10-8-15(9-11-17)18-14-20(16-6-3-2-4-7-16)12-5-13-21(20)19(22)24-18/h2-4,6-11,18H,5,12-14H2,1H3/t18-,20-/m0/s1. The summed E-state index contributed by atoms with van der Waals surface area (Å²) in [5.74, 6) is 0.807. The lowest BCUT2D eigenvalue weighted by Crippen LogP contribution is -2.50. The molecule has 0 saturated carbocycles. The van der Waals surface area contributed by atoms with Crippen LogP contribution in [0, 0.1) is 0 Å². The molecule has 0 bridgehead atoms. The van der Waals surface area contributed by atoms with Crippen LogP contribution in [0.2, 0.25) is 0 Å². The van der Waals surface area contributed by atoms with E-state index in [1.54, 1.807) is 7.11 Å². The highest BCUT2D eigenvalue weighted by atomic mass is 16.6. The molecule has 0 aromatic heterocycles. The summed E-state index contributed by atoms with van der Waals surface area (Å²) < 4.78 is 11.0. The molecule has 124 valence electrons. The van der Waals surface area contributed by atoms with Gasteiger partial charge >= 0.3 is 6.09 Å². The SMILES string of the molecule is COc1ccc([C@@H]2C[C@]3(c4ccccc4)CCCN3C(=O)O2)cc1. The first-order valence-corrected chi connectivity index (χ1v) is 8.41. The van der Waals surface area contributed by atoms with Crippen LogP contribution in [0.4, 0.5) is 4.79 Å². The molecule has 2 aromatic carbocycles. The zero-order valence-corrected chi connectivity index (χ0v) is 13.8. The summed E-state index contributed by atoms with van der Waals surface area (Å²) in [6.07, 6.45) is 2.36. The van der Waals surface area contributed by atoms with Crippen molar-refractivity contribution in [2.45, 2.75) is 30.9 Å². The minimum atomic E-state index is -0.249. The molecule has 2 fully saturated rings. The molecule has 24 heavy (non-hydrogen) atoms. The largest absolute Gasteiger partial charge is 0.497 e. The van der Waals surface area contributed by atoms with Crippen molar-refractivity contribution < 1.29 is 14.3 Å². The summed E-state index contributed by atoms with van der Waals surface area (Å²) in [6, 6.07) is 18.2. The van der Waals surface area contributed by atoms with Gasteiger partial charge in [0.2, 0.25) is 0 Å². The molecule has 0 aliphatic carbocycles. The van der Waals surface area contributed by atoms with Crippen LogP contribution in [0.15, 0.2) is 54.6 Å². The van der Waals surface area contributed by atoms with Gasteiger partial charge in [0.05, 0.1) is 12.6 Å². The number of hydrogen-bond acceptors (Lipinski definition) is 3. The first-order chi connectivity index (χ1) is 11.7. The Labute approximate surface area is 142 Å². The van der Waals surface area contributed by atoms with E-state index in [4.69, 9.17) is 9.47 Å². The molecule has 0 spiro atoms. The van der Waals surface area contributed by atoms with Crippen molar-refractivity contribution in [2.24, 2.45) is 0 Å². The maximum atomic E-state index is 12.6. The molecule has 4 heteroatoms. The van der Waals surface area contributed by atoms with Gasteiger partial charge in [0, 0.05) is 13.0 Å². The van der Waals surface area contributed by atoms with Crippen molar-refractivity contribution in [3.05, 3.63) is 65.7 Å². The maximum absolute atomic E-state index is 12.6. The molecule has 4 rings (SSSR count). The minimum Gasteiger partial charge on any atom is -0.497 e. The van der Waals surface area contributed by atoms with Gasteiger partial charge in [0.25, 0.3) is 0 Å². The number of benzene rings is 2. The van der Waals surface area contributed by atoms with E-state index in [-0.39, 0.29) is 17.7 Å². The van der Waals surface area contributed by atoms with Gasteiger partial charge in [0.1, 0.15) is 11.9 Å². The normalized spacial score (nSPS) is 26.0. The Hall–Kier alpha value is -2.49. The summed E-state index contributed by atoms with van der Waals surface area (Å²) in [6.45, 7) is 0.767. The zero-order chi connectivity index (χ0) is 16.6. The molecule has 2 saturated heterocycles. The van der Waals surface area contributed by atoms with Crippen molar-refractivity contribution in [3.8, 4) is 5.75 Å². The summed E-state index contributed by atoms with van der Waals surface area (Å²) in [5, 5.41) is 0. The van der Waals surface area contributed by atoms with E-state index in [9.17, 15) is 4.79 Å². The number of fused-ring (bicyclic) bond motifs is 1. The van der Waals surface area contributed by atoms with Crippen LogP contribution in [0.3, 0.4) is 0 Å². The predicted octanol–water partition coefficient (Wildman–Crippen LogP) is 4.27. The Morgan fingerprint density at radius 3 is 2.58 bits per heavy atom. The van der Waals surface area contributed by atoms with Gasteiger partial charge in [-0.2, -0.15) is 0 Å². The van der Waals surface area contributed by atoms with E-state index >= 15 is 0 Å². The van der Waals surface area contributed by atoms with E-state index in [0.29, 0.717) is 0 Å². The monoisotopic (exact) mass is 323 g/mol. The average Bonchev–Trinajstić information content (AvgIpc) is 3.08. The van der Waals surface area contributed by atoms with E-state index < -0.39 is 0 Å². The molecule has 2 atom stereocenters. The first-order valence-electron chi connectivity index (χ1n) is 8.41. The summed E-state index contributed by atoms with van der Waals surface area (Å²) in [4.78, 5) is 14.6. The van der Waals surface area contributed by atoms with Crippen LogP contribution >= 0.6 is 0 Å². The molecule has 0 N–H and O–H groups in total. The Morgan fingerprint density at radius 2 is 1.88 bits per heavy atom. The third kappa shape index (κ3) is 2.33. The zero-order valence-electron chi connectivity index (χ0n) is 13.8. The summed E-state index contributed by atoms with van der Waals surface area (Å²) in [5.41, 5.74) is 1.98. The van der Waals surface area contributed by atoms with Crippen LogP contribution in [-0.4, -0.2) is 24.6 Å². The number of nitrogens with zero attached hydrogens (tertiary/aromatic N) is 1. The van der Waals surface area contributed by atoms with Crippen LogP contribution < -0.4 is 4.74 Å². The second-order valence-corrected chi connectivity index (χ2v) is 6.50. The van der Waals surface area contributed by atoms with Gasteiger partial charge in [-0.1, -0.05) is 42.5 Å². The fraction of sp³-hybridized carbons (Fsp3) is 0.350. The lowest BCUT2D eigenvalue weighted by atomic mass is 9.80. The number of carbonyl (C=O) groups excluding carboxylic acids is 1. The second kappa shape index (κ2) is 5.86. The molecule has 0 radical (unpaired) electrons. The summed E-state index contributed by atoms with van der Waals surface area (Å²) >= 11 is 0. The molecule has 1 amide bonds. The minimum absolute atomic E-state index is 0.205. The molecule has 2 aliphatic rings. The maximum Gasteiger partial charge on any atom is 0.411 e. The molecule has 4 nitrogen and oxygen atoms in total. The fourth-order valence-electron chi connectivity index (χ4n) is 4.06. The smallest absolute Gasteiger partial charge is 0.411 e. The van der Waals surface area contributed by atoms with Crippen molar-refractivity contribution in [1.82, 2.24) is 4.90 Å². The third-order valence-electron chi connectivity index (χ3n) is 5.27. The van der Waals surface area contributed by atoms with Gasteiger partial charge in [-0.05, 0) is 36.1 Å². The average molecular weight is 323 g/mol. The lowest BCUT2D eigenvalue weighted by Gasteiger charge is -2.45. The molecule has 2 aliphatic heterocycles. The summed E-state index contributed by atoms with van der Waals surface area (Å²) in [7, 11) is 1.65. The van der Waals surface area contributed by atoms with Gasteiger partial charge < -0.3 is 9.47 Å². The molecular formula is C20H21NO3. The number of amides is 1. The predicted molar refractivity (Wildman–Crippen MR) is 90.9 cm³/mol. The third-order valence-corrected chi connectivity index (χ3v) is 5.27. The van der Waals surface area contributed by atoms with Crippen molar-refractivity contribution in [3.63, 3.8) is 0 Å². The van der Waals surface area contributed by atoms with Crippen molar-refractivity contribution in [2.75, 3.05) is 13.7 Å². The number of rotatable bonds is 3. The van der Waals surface area contributed by atoms with Gasteiger partial charge in [0.15, 0.2) is 0 Å². The number of ether oxygens (including phenoxy) is 2. The Balaban J connectivity index is 1.71. The van der Waals surface area contributed by atoms with Crippen LogP contribution in [0.1, 0.15) is 36.5 Å². The fourth-order valence-corrected chi connectivity index (χ4v) is 4.06. The number of hydrogen-bond donors (Lipinski definition) is 0. The van der Waals surface area contributed by atoms with E-state index in [2.05, 4.69) is 12.1 Å². The van der Waals surface area contributed by atoms with Crippen LogP contribution in [0.5, 0.6) is 5.75 Å².